The van der Waals surface area contributed by atoms with E-state index < -0.39 is 0 Å². The van der Waals surface area contributed by atoms with Gasteiger partial charge in [0.15, 0.2) is 0 Å². The number of hydrogen-bond donors (Lipinski definition) is 0. The highest BCUT2D eigenvalue weighted by Crippen LogP contribution is 2.23. The third-order valence-corrected chi connectivity index (χ3v) is 4.63. The zero-order valence-corrected chi connectivity index (χ0v) is 15.9. The maximum absolute atomic E-state index is 5.69. The van der Waals surface area contributed by atoms with E-state index in [1.165, 1.54) is 0 Å². The van der Waals surface area contributed by atoms with Crippen LogP contribution >= 0.6 is 11.3 Å². The van der Waals surface area contributed by atoms with Crippen LogP contribution in [0.1, 0.15) is 18.4 Å². The van der Waals surface area contributed by atoms with Gasteiger partial charge in [-0.3, -0.25) is 4.99 Å². The molecule has 0 aliphatic carbocycles. The van der Waals surface area contributed by atoms with E-state index in [0.717, 1.165) is 39.0 Å². The molecule has 6 heteroatoms. The molecule has 2 aromatic heterocycles. The van der Waals surface area contributed by atoms with Crippen LogP contribution < -0.4 is 9.54 Å². The molecule has 0 amide bonds. The largest absolute Gasteiger partial charge is 0.497 e. The van der Waals surface area contributed by atoms with E-state index in [1.54, 1.807) is 24.5 Å². The number of methoxy groups -OCH3 is 1. The van der Waals surface area contributed by atoms with Gasteiger partial charge in [0.2, 0.25) is 4.80 Å². The van der Waals surface area contributed by atoms with Gasteiger partial charge < -0.3 is 9.15 Å². The van der Waals surface area contributed by atoms with Crippen molar-refractivity contribution in [3.8, 4) is 17.0 Å². The van der Waals surface area contributed by atoms with Gasteiger partial charge in [0.25, 0.3) is 0 Å². The first-order chi connectivity index (χ1) is 12.6. The molecule has 3 rings (SSSR count). The number of aryl methyl sites for hydroxylation is 1. The van der Waals surface area contributed by atoms with Crippen LogP contribution in [0.4, 0.5) is 0 Å². The summed E-state index contributed by atoms with van der Waals surface area (Å²) in [5.74, 6) is 2.42. The Bertz CT molecular complexity index is 991. The van der Waals surface area contributed by atoms with Gasteiger partial charge in [0.05, 0.1) is 19.3 Å². The Morgan fingerprint density at radius 1 is 1.27 bits per heavy atom. The minimum absolute atomic E-state index is 0.539. The van der Waals surface area contributed by atoms with Gasteiger partial charge in [0.1, 0.15) is 23.0 Å². The van der Waals surface area contributed by atoms with Crippen molar-refractivity contribution in [2.45, 2.75) is 13.8 Å². The summed E-state index contributed by atoms with van der Waals surface area (Å²) in [4.78, 5) is 5.36. The SMILES string of the molecule is C=CCN=c1scc(-c2ccc(OC)cc2)n1N=C(C)c1ccc(C)o1. The van der Waals surface area contributed by atoms with Gasteiger partial charge >= 0.3 is 0 Å². The zero-order valence-electron chi connectivity index (χ0n) is 15.1. The molecule has 26 heavy (non-hydrogen) atoms. The predicted molar refractivity (Wildman–Crippen MR) is 106 cm³/mol. The van der Waals surface area contributed by atoms with E-state index in [4.69, 9.17) is 14.3 Å². The highest BCUT2D eigenvalue weighted by molar-refractivity contribution is 7.07. The molecule has 3 aromatic rings. The molecule has 0 aliphatic heterocycles. The van der Waals surface area contributed by atoms with Crippen LogP contribution in [0.5, 0.6) is 5.75 Å². The lowest BCUT2D eigenvalue weighted by molar-refractivity contribution is 0.415. The van der Waals surface area contributed by atoms with Crippen molar-refractivity contribution in [1.82, 2.24) is 4.68 Å². The van der Waals surface area contributed by atoms with E-state index >= 15 is 0 Å². The van der Waals surface area contributed by atoms with Crippen molar-refractivity contribution < 1.29 is 9.15 Å². The van der Waals surface area contributed by atoms with Crippen molar-refractivity contribution in [3.05, 3.63) is 70.8 Å². The van der Waals surface area contributed by atoms with Gasteiger partial charge in [-0.2, -0.15) is 5.10 Å². The molecule has 0 radical (unpaired) electrons. The summed E-state index contributed by atoms with van der Waals surface area (Å²) in [6, 6.07) is 11.7. The second-order valence-corrected chi connectivity index (χ2v) is 6.51. The number of furan rings is 1. The molecule has 134 valence electrons. The Kier molecular flexibility index (Phi) is 5.53. The molecule has 0 atom stereocenters. The summed E-state index contributed by atoms with van der Waals surface area (Å²) < 4.78 is 12.8. The molecule has 2 heterocycles. The van der Waals surface area contributed by atoms with Crippen molar-refractivity contribution in [2.24, 2.45) is 10.1 Å². The monoisotopic (exact) mass is 367 g/mol. The van der Waals surface area contributed by atoms with Crippen LogP contribution in [0.15, 0.2) is 68.9 Å². The summed E-state index contributed by atoms with van der Waals surface area (Å²) in [6.07, 6.45) is 1.77. The summed E-state index contributed by atoms with van der Waals surface area (Å²) >= 11 is 1.54. The first kappa shape index (κ1) is 17.9. The van der Waals surface area contributed by atoms with Crippen LogP contribution in [0.2, 0.25) is 0 Å². The van der Waals surface area contributed by atoms with Crippen LogP contribution in [-0.2, 0) is 0 Å². The Morgan fingerprint density at radius 2 is 2.04 bits per heavy atom. The number of benzene rings is 1. The second-order valence-electron chi connectivity index (χ2n) is 5.67. The minimum atomic E-state index is 0.539. The fourth-order valence-corrected chi connectivity index (χ4v) is 3.28. The van der Waals surface area contributed by atoms with E-state index in [0.29, 0.717) is 6.54 Å². The lowest BCUT2D eigenvalue weighted by Crippen LogP contribution is -2.14. The van der Waals surface area contributed by atoms with Gasteiger partial charge in [0, 0.05) is 10.9 Å². The Morgan fingerprint density at radius 3 is 2.65 bits per heavy atom. The minimum Gasteiger partial charge on any atom is -0.497 e. The third kappa shape index (κ3) is 3.86. The van der Waals surface area contributed by atoms with E-state index in [9.17, 15) is 0 Å². The van der Waals surface area contributed by atoms with Crippen molar-refractivity contribution in [1.29, 1.82) is 0 Å². The molecule has 5 nitrogen and oxygen atoms in total. The smallest absolute Gasteiger partial charge is 0.206 e. The lowest BCUT2D eigenvalue weighted by atomic mass is 10.2. The number of thiazole rings is 1. The molecular formula is C20H21N3O2S. The quantitative estimate of drug-likeness (QED) is 0.476. The molecular weight excluding hydrogens is 346 g/mol. The zero-order chi connectivity index (χ0) is 18.5. The number of ether oxygens (including phenoxy) is 1. The first-order valence-corrected chi connectivity index (χ1v) is 9.09. The Labute approximate surface area is 156 Å². The van der Waals surface area contributed by atoms with E-state index in [-0.39, 0.29) is 0 Å². The normalized spacial score (nSPS) is 12.4. The molecule has 0 bridgehead atoms. The second kappa shape index (κ2) is 8.01. The molecule has 0 N–H and O–H groups in total. The van der Waals surface area contributed by atoms with E-state index in [1.807, 2.05) is 60.3 Å². The lowest BCUT2D eigenvalue weighted by Gasteiger charge is -2.06. The molecule has 0 spiro atoms. The highest BCUT2D eigenvalue weighted by Gasteiger charge is 2.10. The summed E-state index contributed by atoms with van der Waals surface area (Å²) in [6.45, 7) is 8.12. The van der Waals surface area contributed by atoms with Gasteiger partial charge in [-0.25, -0.2) is 4.68 Å². The molecule has 0 unspecified atom stereocenters. The maximum atomic E-state index is 5.69. The molecule has 1 aromatic carbocycles. The van der Waals surface area contributed by atoms with Crippen LogP contribution in [-0.4, -0.2) is 24.0 Å². The predicted octanol–water partition coefficient (Wildman–Crippen LogP) is 4.49. The first-order valence-electron chi connectivity index (χ1n) is 8.21. The number of nitrogens with zero attached hydrogens (tertiary/aromatic N) is 3. The number of rotatable bonds is 6. The third-order valence-electron chi connectivity index (χ3n) is 3.77. The standard InChI is InChI=1S/C20H21N3O2S/c1-5-12-21-20-23(22-15(3)19-11-6-14(2)25-19)18(13-26-20)16-7-9-17(24-4)10-8-16/h5-11,13H,1,12H2,2-4H3. The Hall–Kier alpha value is -2.86. The fourth-order valence-electron chi connectivity index (χ4n) is 2.44. The highest BCUT2D eigenvalue weighted by atomic mass is 32.1. The molecule has 0 fully saturated rings. The number of hydrogen-bond acceptors (Lipinski definition) is 5. The van der Waals surface area contributed by atoms with Gasteiger partial charge in [-0.1, -0.05) is 6.08 Å². The average Bonchev–Trinajstić information content (AvgIpc) is 3.26. The maximum Gasteiger partial charge on any atom is 0.206 e. The topological polar surface area (TPSA) is 52.0 Å². The van der Waals surface area contributed by atoms with Gasteiger partial charge in [-0.15, -0.1) is 17.9 Å². The van der Waals surface area contributed by atoms with Crippen molar-refractivity contribution in [3.63, 3.8) is 0 Å². The summed E-state index contributed by atoms with van der Waals surface area (Å²) in [5, 5.41) is 6.81. The van der Waals surface area contributed by atoms with Crippen molar-refractivity contribution in [2.75, 3.05) is 13.7 Å². The Balaban J connectivity index is 2.10. The average molecular weight is 367 g/mol. The van der Waals surface area contributed by atoms with E-state index in [2.05, 4.69) is 11.6 Å². The fraction of sp³-hybridized carbons (Fsp3) is 0.200. The molecule has 0 saturated carbocycles. The summed E-state index contributed by atoms with van der Waals surface area (Å²) in [7, 11) is 1.66. The van der Waals surface area contributed by atoms with Crippen LogP contribution in [0.3, 0.4) is 0 Å². The van der Waals surface area contributed by atoms with Crippen LogP contribution in [0, 0.1) is 6.92 Å². The molecule has 0 aliphatic rings. The summed E-state index contributed by atoms with van der Waals surface area (Å²) in [5.41, 5.74) is 2.78. The van der Waals surface area contributed by atoms with Gasteiger partial charge in [-0.05, 0) is 50.2 Å². The van der Waals surface area contributed by atoms with Crippen LogP contribution in [0.25, 0.3) is 11.3 Å². The molecule has 0 saturated heterocycles. The van der Waals surface area contributed by atoms with Crippen molar-refractivity contribution >= 4 is 17.0 Å². The number of aromatic nitrogens is 1.